The molecule has 1 aromatic carbocycles. The number of benzene rings is 1. The first kappa shape index (κ1) is 14.9. The molecule has 0 radical (unpaired) electrons. The van der Waals surface area contributed by atoms with E-state index < -0.39 is 10.8 Å². The Morgan fingerprint density at radius 1 is 1.24 bits per heavy atom. The Morgan fingerprint density at radius 3 is 2.41 bits per heavy atom. The molecule has 3 heteroatoms. The first-order chi connectivity index (χ1) is 8.17. The Morgan fingerprint density at radius 2 is 1.88 bits per heavy atom. The maximum absolute atomic E-state index is 12.2. The molecule has 0 saturated carbocycles. The topological polar surface area (TPSA) is 17.1 Å². The molecule has 1 rings (SSSR count). The lowest BCUT2D eigenvalue weighted by Gasteiger charge is -2.14. The van der Waals surface area contributed by atoms with Crippen molar-refractivity contribution in [3.8, 4) is 0 Å². The highest BCUT2D eigenvalue weighted by Crippen LogP contribution is 2.20. The summed E-state index contributed by atoms with van der Waals surface area (Å²) in [6.45, 7) is 4.40. The molecule has 1 nitrogen and oxygen atoms in total. The van der Waals surface area contributed by atoms with Crippen LogP contribution in [0.2, 0.25) is 0 Å². The first-order valence-electron chi connectivity index (χ1n) is 6.31. The number of hydrogen-bond acceptors (Lipinski definition) is 1. The van der Waals surface area contributed by atoms with E-state index >= 15 is 0 Å². The van der Waals surface area contributed by atoms with E-state index in [-0.39, 0.29) is 0 Å². The molecule has 0 spiro atoms. The highest BCUT2D eigenvalue weighted by Gasteiger charge is 2.12. The van der Waals surface area contributed by atoms with Crippen LogP contribution in [0.15, 0.2) is 33.6 Å². The number of halogens is 1. The molecule has 1 unspecified atom stereocenters. The summed E-state index contributed by atoms with van der Waals surface area (Å²) >= 11 is 3.42. The van der Waals surface area contributed by atoms with Crippen molar-refractivity contribution in [2.45, 2.75) is 44.4 Å². The van der Waals surface area contributed by atoms with Gasteiger partial charge in [0.15, 0.2) is 0 Å². The normalized spacial score (nSPS) is 12.9. The highest BCUT2D eigenvalue weighted by molar-refractivity contribution is 9.10. The van der Waals surface area contributed by atoms with Gasteiger partial charge in [-0.2, -0.15) is 0 Å². The summed E-state index contributed by atoms with van der Waals surface area (Å²) in [7, 11) is -0.857. The van der Waals surface area contributed by atoms with Gasteiger partial charge >= 0.3 is 0 Å². The van der Waals surface area contributed by atoms with Crippen molar-refractivity contribution in [1.82, 2.24) is 0 Å². The molecule has 0 saturated heterocycles. The first-order valence-corrected chi connectivity index (χ1v) is 8.42. The fourth-order valence-corrected chi connectivity index (χ4v) is 4.04. The Bertz CT molecular complexity index is 359. The summed E-state index contributed by atoms with van der Waals surface area (Å²) in [5.74, 6) is 1.41. The lowest BCUT2D eigenvalue weighted by atomic mass is 10.0. The molecule has 0 aliphatic rings. The molecule has 96 valence electrons. The highest BCUT2D eigenvalue weighted by atomic mass is 79.9. The summed E-state index contributed by atoms with van der Waals surface area (Å²) in [5, 5.41) is 0. The van der Waals surface area contributed by atoms with Crippen LogP contribution in [0.4, 0.5) is 0 Å². The van der Waals surface area contributed by atoms with Gasteiger partial charge in [0.2, 0.25) is 0 Å². The third-order valence-corrected chi connectivity index (χ3v) is 4.89. The molecular weight excluding hydrogens is 296 g/mol. The molecule has 1 atom stereocenters. The van der Waals surface area contributed by atoms with E-state index in [0.717, 1.165) is 15.1 Å². The van der Waals surface area contributed by atoms with Crippen LogP contribution in [0.3, 0.4) is 0 Å². The van der Waals surface area contributed by atoms with Crippen molar-refractivity contribution in [2.75, 3.05) is 5.75 Å². The SMILES string of the molecule is CCCC(CCC)CS(=O)c1cccc(Br)c1. The molecular formula is C14H21BrOS. The fourth-order valence-electron chi connectivity index (χ4n) is 2.05. The monoisotopic (exact) mass is 316 g/mol. The minimum absolute atomic E-state index is 0.602. The van der Waals surface area contributed by atoms with Crippen LogP contribution in [-0.4, -0.2) is 9.96 Å². The van der Waals surface area contributed by atoms with Gasteiger partial charge in [0.05, 0.1) is 10.8 Å². The van der Waals surface area contributed by atoms with Crippen LogP contribution in [0.1, 0.15) is 39.5 Å². The Balaban J connectivity index is 2.63. The van der Waals surface area contributed by atoms with E-state index in [0.29, 0.717) is 5.92 Å². The zero-order chi connectivity index (χ0) is 12.7. The van der Waals surface area contributed by atoms with Gasteiger partial charge in [-0.3, -0.25) is 4.21 Å². The van der Waals surface area contributed by atoms with Crippen molar-refractivity contribution < 1.29 is 4.21 Å². The average molecular weight is 317 g/mol. The summed E-state index contributed by atoms with van der Waals surface area (Å²) in [6, 6.07) is 7.84. The van der Waals surface area contributed by atoms with Gasteiger partial charge < -0.3 is 0 Å². The molecule has 0 fully saturated rings. The molecule has 1 aromatic rings. The minimum Gasteiger partial charge on any atom is -0.254 e. The smallest absolute Gasteiger partial charge is 0.0532 e. The average Bonchev–Trinajstić information content (AvgIpc) is 2.29. The second-order valence-corrected chi connectivity index (χ2v) is 6.82. The number of rotatable bonds is 7. The molecule has 0 aliphatic carbocycles. The van der Waals surface area contributed by atoms with Crippen molar-refractivity contribution >= 4 is 26.7 Å². The maximum atomic E-state index is 12.2. The van der Waals surface area contributed by atoms with Crippen LogP contribution >= 0.6 is 15.9 Å². The third-order valence-electron chi connectivity index (χ3n) is 2.84. The van der Waals surface area contributed by atoms with E-state index in [2.05, 4.69) is 29.8 Å². The molecule has 0 heterocycles. The molecule has 0 N–H and O–H groups in total. The van der Waals surface area contributed by atoms with Crippen LogP contribution < -0.4 is 0 Å². The van der Waals surface area contributed by atoms with Gasteiger partial charge in [-0.1, -0.05) is 48.7 Å². The van der Waals surface area contributed by atoms with E-state index in [1.807, 2.05) is 24.3 Å². The van der Waals surface area contributed by atoms with Gasteiger partial charge in [0.25, 0.3) is 0 Å². The molecule has 17 heavy (non-hydrogen) atoms. The van der Waals surface area contributed by atoms with Crippen LogP contribution in [0.5, 0.6) is 0 Å². The van der Waals surface area contributed by atoms with Crippen LogP contribution in [0.25, 0.3) is 0 Å². The molecule has 0 aromatic heterocycles. The predicted molar refractivity (Wildman–Crippen MR) is 78.7 cm³/mol. The number of hydrogen-bond donors (Lipinski definition) is 0. The zero-order valence-corrected chi connectivity index (χ0v) is 13.0. The molecule has 0 amide bonds. The zero-order valence-electron chi connectivity index (χ0n) is 10.6. The van der Waals surface area contributed by atoms with Crippen LogP contribution in [0, 0.1) is 5.92 Å². The van der Waals surface area contributed by atoms with E-state index in [1.165, 1.54) is 25.7 Å². The van der Waals surface area contributed by atoms with Gasteiger partial charge in [-0.05, 0) is 37.0 Å². The van der Waals surface area contributed by atoms with Crippen molar-refractivity contribution in [2.24, 2.45) is 5.92 Å². The summed E-state index contributed by atoms with van der Waals surface area (Å²) in [6.07, 6.45) is 4.74. The Kier molecular flexibility index (Phi) is 7.05. The predicted octanol–water partition coefficient (Wildman–Crippen LogP) is 4.77. The fraction of sp³-hybridized carbons (Fsp3) is 0.571. The Labute approximate surface area is 116 Å². The summed E-state index contributed by atoms with van der Waals surface area (Å²) in [4.78, 5) is 0.941. The quantitative estimate of drug-likeness (QED) is 0.708. The van der Waals surface area contributed by atoms with Gasteiger partial charge in [0, 0.05) is 15.1 Å². The largest absolute Gasteiger partial charge is 0.254 e. The standard InChI is InChI=1S/C14H21BrOS/c1-3-6-12(7-4-2)11-17(16)14-9-5-8-13(15)10-14/h5,8-10,12H,3-4,6-7,11H2,1-2H3. The van der Waals surface area contributed by atoms with Crippen molar-refractivity contribution in [3.05, 3.63) is 28.7 Å². The molecule has 0 bridgehead atoms. The van der Waals surface area contributed by atoms with E-state index in [4.69, 9.17) is 0 Å². The summed E-state index contributed by atoms with van der Waals surface area (Å²) in [5.41, 5.74) is 0. The summed E-state index contributed by atoms with van der Waals surface area (Å²) < 4.78 is 13.3. The second kappa shape index (κ2) is 8.04. The minimum atomic E-state index is -0.857. The van der Waals surface area contributed by atoms with E-state index in [9.17, 15) is 4.21 Å². The van der Waals surface area contributed by atoms with E-state index in [1.54, 1.807) is 0 Å². The lowest BCUT2D eigenvalue weighted by Crippen LogP contribution is -2.11. The lowest BCUT2D eigenvalue weighted by molar-refractivity contribution is 0.483. The van der Waals surface area contributed by atoms with Crippen LogP contribution in [-0.2, 0) is 10.8 Å². The second-order valence-electron chi connectivity index (χ2n) is 4.41. The maximum Gasteiger partial charge on any atom is 0.0532 e. The van der Waals surface area contributed by atoms with Gasteiger partial charge in [0.1, 0.15) is 0 Å². The van der Waals surface area contributed by atoms with Gasteiger partial charge in [-0.15, -0.1) is 0 Å². The third kappa shape index (κ3) is 5.35. The Hall–Kier alpha value is -0.150. The van der Waals surface area contributed by atoms with Gasteiger partial charge in [-0.25, -0.2) is 0 Å². The van der Waals surface area contributed by atoms with Crippen molar-refractivity contribution in [1.29, 1.82) is 0 Å². The van der Waals surface area contributed by atoms with Crippen molar-refractivity contribution in [3.63, 3.8) is 0 Å². The molecule has 0 aliphatic heterocycles.